The highest BCUT2D eigenvalue weighted by Gasteiger charge is 2.45. The number of amides is 1. The molecule has 1 aliphatic rings. The lowest BCUT2D eigenvalue weighted by Crippen LogP contribution is -2.32. The highest BCUT2D eigenvalue weighted by molar-refractivity contribution is 6.46. The van der Waals surface area contributed by atoms with Crippen molar-refractivity contribution in [3.8, 4) is 5.75 Å². The van der Waals surface area contributed by atoms with Crippen LogP contribution in [0.5, 0.6) is 5.75 Å². The first-order valence-electron chi connectivity index (χ1n) is 10.6. The van der Waals surface area contributed by atoms with Crippen LogP contribution in [-0.4, -0.2) is 59.9 Å². The molecule has 1 atom stereocenters. The standard InChI is InChI=1S/C25H29ClN2O4/c1-16(2)32-20-12-8-18(9-13-20)23(29)21-22(17-6-10-19(26)11-7-17)28(25(31)24(21)30)15-5-14-27(3)4/h6-13,16,22,29H,5,14-15H2,1-4H3/b23-21+/t22-/m1/s1. The second kappa shape index (κ2) is 10.2. The highest BCUT2D eigenvalue weighted by atomic mass is 35.5. The minimum atomic E-state index is -0.685. The monoisotopic (exact) mass is 456 g/mol. The molecule has 1 saturated heterocycles. The number of hydrogen-bond acceptors (Lipinski definition) is 5. The highest BCUT2D eigenvalue weighted by Crippen LogP contribution is 2.39. The van der Waals surface area contributed by atoms with Gasteiger partial charge in [-0.2, -0.15) is 0 Å². The number of aliphatic hydroxyl groups is 1. The Kier molecular flexibility index (Phi) is 7.59. The predicted molar refractivity (Wildman–Crippen MR) is 126 cm³/mol. The summed E-state index contributed by atoms with van der Waals surface area (Å²) >= 11 is 6.05. The third-order valence-electron chi connectivity index (χ3n) is 5.23. The number of benzene rings is 2. The van der Waals surface area contributed by atoms with Gasteiger partial charge in [-0.3, -0.25) is 9.59 Å². The van der Waals surface area contributed by atoms with Gasteiger partial charge in [0.05, 0.1) is 17.7 Å². The minimum absolute atomic E-state index is 0.0202. The first-order valence-corrected chi connectivity index (χ1v) is 11.0. The fourth-order valence-corrected chi connectivity index (χ4v) is 3.90. The molecule has 0 spiro atoms. The number of ether oxygens (including phenoxy) is 1. The summed E-state index contributed by atoms with van der Waals surface area (Å²) in [5.41, 5.74) is 1.26. The number of ketones is 1. The Labute approximate surface area is 194 Å². The van der Waals surface area contributed by atoms with Gasteiger partial charge >= 0.3 is 0 Å². The fraction of sp³-hybridized carbons (Fsp3) is 0.360. The maximum Gasteiger partial charge on any atom is 0.295 e. The molecule has 1 N–H and O–H groups in total. The number of hydrogen-bond donors (Lipinski definition) is 1. The van der Waals surface area contributed by atoms with Crippen molar-refractivity contribution in [2.45, 2.75) is 32.4 Å². The van der Waals surface area contributed by atoms with E-state index in [1.807, 2.05) is 32.8 Å². The zero-order chi connectivity index (χ0) is 23.4. The van der Waals surface area contributed by atoms with E-state index in [0.717, 1.165) is 12.1 Å². The van der Waals surface area contributed by atoms with Crippen LogP contribution in [0.25, 0.3) is 5.76 Å². The van der Waals surface area contributed by atoms with Crippen LogP contribution in [0.15, 0.2) is 54.1 Å². The van der Waals surface area contributed by atoms with Crippen LogP contribution in [-0.2, 0) is 9.59 Å². The van der Waals surface area contributed by atoms with E-state index < -0.39 is 17.7 Å². The first-order chi connectivity index (χ1) is 15.2. The van der Waals surface area contributed by atoms with Crippen LogP contribution < -0.4 is 4.74 Å². The van der Waals surface area contributed by atoms with E-state index in [0.29, 0.717) is 29.3 Å². The third-order valence-corrected chi connectivity index (χ3v) is 5.48. The van der Waals surface area contributed by atoms with Gasteiger partial charge in [0.2, 0.25) is 0 Å². The van der Waals surface area contributed by atoms with Crippen molar-refractivity contribution < 1.29 is 19.4 Å². The van der Waals surface area contributed by atoms with E-state index in [9.17, 15) is 14.7 Å². The van der Waals surface area contributed by atoms with Gasteiger partial charge in [-0.25, -0.2) is 0 Å². The van der Waals surface area contributed by atoms with Gasteiger partial charge in [0.15, 0.2) is 0 Å². The van der Waals surface area contributed by atoms with Crippen molar-refractivity contribution in [1.82, 2.24) is 9.80 Å². The Balaban J connectivity index is 2.03. The maximum atomic E-state index is 13.0. The van der Waals surface area contributed by atoms with Crippen molar-refractivity contribution in [3.63, 3.8) is 0 Å². The zero-order valence-electron chi connectivity index (χ0n) is 18.8. The molecule has 0 bridgehead atoms. The molecule has 1 fully saturated rings. The molecular formula is C25H29ClN2O4. The molecule has 2 aromatic rings. The Morgan fingerprint density at radius 1 is 1.09 bits per heavy atom. The van der Waals surface area contributed by atoms with Crippen molar-refractivity contribution >= 4 is 29.1 Å². The van der Waals surface area contributed by atoms with E-state index >= 15 is 0 Å². The van der Waals surface area contributed by atoms with E-state index in [1.165, 1.54) is 4.90 Å². The number of carbonyl (C=O) groups is 2. The average molecular weight is 457 g/mol. The normalized spacial score (nSPS) is 18.1. The zero-order valence-corrected chi connectivity index (χ0v) is 19.6. The molecule has 0 saturated carbocycles. The van der Waals surface area contributed by atoms with Crippen LogP contribution in [0.4, 0.5) is 0 Å². The van der Waals surface area contributed by atoms with Gasteiger partial charge in [0.1, 0.15) is 11.5 Å². The van der Waals surface area contributed by atoms with Crippen molar-refractivity contribution in [2.24, 2.45) is 0 Å². The summed E-state index contributed by atoms with van der Waals surface area (Å²) in [6, 6.07) is 13.2. The average Bonchev–Trinajstić information content (AvgIpc) is 2.99. The molecule has 0 radical (unpaired) electrons. The molecule has 1 heterocycles. The molecule has 32 heavy (non-hydrogen) atoms. The van der Waals surface area contributed by atoms with Crippen molar-refractivity contribution in [1.29, 1.82) is 0 Å². The van der Waals surface area contributed by atoms with E-state index in [2.05, 4.69) is 0 Å². The summed E-state index contributed by atoms with van der Waals surface area (Å²) < 4.78 is 5.65. The quantitative estimate of drug-likeness (QED) is 0.360. The van der Waals surface area contributed by atoms with Gasteiger partial charge in [-0.15, -0.1) is 0 Å². The number of likely N-dealkylation sites (tertiary alicyclic amines) is 1. The summed E-state index contributed by atoms with van der Waals surface area (Å²) in [4.78, 5) is 29.5. The predicted octanol–water partition coefficient (Wildman–Crippen LogP) is 4.50. The molecule has 170 valence electrons. The minimum Gasteiger partial charge on any atom is -0.507 e. The van der Waals surface area contributed by atoms with E-state index in [1.54, 1.807) is 48.5 Å². The lowest BCUT2D eigenvalue weighted by atomic mass is 9.95. The van der Waals surface area contributed by atoms with E-state index in [-0.39, 0.29) is 17.4 Å². The number of Topliss-reactive ketones (excluding diaryl/α,β-unsaturated/α-hetero) is 1. The van der Waals surface area contributed by atoms with Gasteiger partial charge in [-0.1, -0.05) is 23.7 Å². The Morgan fingerprint density at radius 3 is 2.28 bits per heavy atom. The third kappa shape index (κ3) is 5.31. The molecule has 1 amide bonds. The van der Waals surface area contributed by atoms with Crippen molar-refractivity contribution in [3.05, 3.63) is 70.3 Å². The van der Waals surface area contributed by atoms with E-state index in [4.69, 9.17) is 16.3 Å². The summed E-state index contributed by atoms with van der Waals surface area (Å²) in [6.07, 6.45) is 0.720. The molecule has 2 aromatic carbocycles. The molecular weight excluding hydrogens is 428 g/mol. The molecule has 0 aliphatic carbocycles. The molecule has 0 unspecified atom stereocenters. The fourth-order valence-electron chi connectivity index (χ4n) is 3.78. The lowest BCUT2D eigenvalue weighted by molar-refractivity contribution is -0.139. The van der Waals surface area contributed by atoms with Crippen LogP contribution >= 0.6 is 11.6 Å². The van der Waals surface area contributed by atoms with Crippen LogP contribution in [0.3, 0.4) is 0 Å². The first kappa shape index (κ1) is 23.8. The van der Waals surface area contributed by atoms with Crippen LogP contribution in [0, 0.1) is 0 Å². The van der Waals surface area contributed by atoms with Gasteiger partial charge in [-0.05, 0) is 82.9 Å². The second-order valence-corrected chi connectivity index (χ2v) is 8.83. The lowest BCUT2D eigenvalue weighted by Gasteiger charge is -2.26. The number of rotatable bonds is 8. The number of carbonyl (C=O) groups excluding carboxylic acids is 2. The molecule has 3 rings (SSSR count). The number of nitrogens with zero attached hydrogens (tertiary/aromatic N) is 2. The van der Waals surface area contributed by atoms with Gasteiger partial charge in [0.25, 0.3) is 11.7 Å². The smallest absolute Gasteiger partial charge is 0.295 e. The molecule has 0 aromatic heterocycles. The number of halogens is 1. The molecule has 1 aliphatic heterocycles. The Morgan fingerprint density at radius 2 is 1.72 bits per heavy atom. The summed E-state index contributed by atoms with van der Waals surface area (Å²) in [7, 11) is 3.91. The summed E-state index contributed by atoms with van der Waals surface area (Å²) in [6.45, 7) is 5.02. The Bertz CT molecular complexity index is 998. The molecule has 6 nitrogen and oxygen atoms in total. The van der Waals surface area contributed by atoms with Gasteiger partial charge in [0, 0.05) is 17.1 Å². The second-order valence-electron chi connectivity index (χ2n) is 8.39. The maximum absolute atomic E-state index is 13.0. The topological polar surface area (TPSA) is 70.1 Å². The van der Waals surface area contributed by atoms with Crippen LogP contribution in [0.2, 0.25) is 5.02 Å². The van der Waals surface area contributed by atoms with Crippen molar-refractivity contribution in [2.75, 3.05) is 27.2 Å². The number of aliphatic hydroxyl groups excluding tert-OH is 1. The largest absolute Gasteiger partial charge is 0.507 e. The van der Waals surface area contributed by atoms with Gasteiger partial charge < -0.3 is 19.6 Å². The molecule has 7 heteroatoms. The Hall–Kier alpha value is -2.83. The summed E-state index contributed by atoms with van der Waals surface area (Å²) in [5, 5.41) is 11.7. The van der Waals surface area contributed by atoms with Crippen LogP contribution in [0.1, 0.15) is 37.4 Å². The SMILES string of the molecule is CC(C)Oc1ccc(/C(O)=C2\C(=O)C(=O)N(CCCN(C)C)[C@@H]2c2ccc(Cl)cc2)cc1. The summed E-state index contributed by atoms with van der Waals surface area (Å²) in [5.74, 6) is -0.829.